The van der Waals surface area contributed by atoms with Crippen LogP contribution in [-0.4, -0.2) is 19.1 Å². The molecule has 0 bridgehead atoms. The Bertz CT molecular complexity index is 799. The maximum Gasteiger partial charge on any atom is 0.307 e. The van der Waals surface area contributed by atoms with Crippen LogP contribution in [0.4, 0.5) is 0 Å². The molecule has 0 saturated heterocycles. The summed E-state index contributed by atoms with van der Waals surface area (Å²) in [4.78, 5) is 12.3. The van der Waals surface area contributed by atoms with Crippen LogP contribution in [0.5, 0.6) is 0 Å². The van der Waals surface area contributed by atoms with Gasteiger partial charge in [-0.2, -0.15) is 0 Å². The van der Waals surface area contributed by atoms with Crippen LogP contribution in [-0.2, 0) is 11.2 Å². The van der Waals surface area contributed by atoms with Crippen LogP contribution in [0.25, 0.3) is 10.1 Å². The molecule has 2 aromatic rings. The van der Waals surface area contributed by atoms with Crippen molar-refractivity contribution in [2.45, 2.75) is 64.6 Å². The second-order valence-corrected chi connectivity index (χ2v) is 14.3. The van der Waals surface area contributed by atoms with Gasteiger partial charge in [0.2, 0.25) is 0 Å². The minimum atomic E-state index is -1.82. The Morgan fingerprint density at radius 2 is 1.64 bits per heavy atom. The second kappa shape index (κ2) is 7.76. The molecule has 0 radical (unpaired) electrons. The van der Waals surface area contributed by atoms with Crippen LogP contribution in [0.1, 0.15) is 52.0 Å². The molecule has 0 aliphatic rings. The molecular weight excluding hydrogens is 344 g/mol. The van der Waals surface area contributed by atoms with Gasteiger partial charge in [0.15, 0.2) is 0 Å². The molecule has 25 heavy (non-hydrogen) atoms. The molecule has 0 aliphatic heterocycles. The Morgan fingerprint density at radius 3 is 2.16 bits per heavy atom. The van der Waals surface area contributed by atoms with Gasteiger partial charge >= 0.3 is 5.97 Å². The first-order chi connectivity index (χ1) is 11.7. The summed E-state index contributed by atoms with van der Waals surface area (Å²) in [7, 11) is -1.82. The maximum atomic E-state index is 11.4. The summed E-state index contributed by atoms with van der Waals surface area (Å²) in [6.07, 6.45) is 0.0353. The summed E-state index contributed by atoms with van der Waals surface area (Å²) < 4.78 is 1.12. The van der Waals surface area contributed by atoms with Crippen LogP contribution in [0, 0.1) is 11.5 Å². The number of aliphatic carboxylic acids is 1. The predicted molar refractivity (Wildman–Crippen MR) is 111 cm³/mol. The number of thiophene rings is 1. The lowest BCUT2D eigenvalue weighted by Gasteiger charge is -2.38. The topological polar surface area (TPSA) is 37.3 Å². The van der Waals surface area contributed by atoms with Crippen molar-refractivity contribution in [3.63, 3.8) is 0 Å². The molecule has 0 spiro atoms. The highest BCUT2D eigenvalue weighted by Crippen LogP contribution is 2.41. The van der Waals surface area contributed by atoms with E-state index in [9.17, 15) is 9.90 Å². The van der Waals surface area contributed by atoms with E-state index >= 15 is 0 Å². The van der Waals surface area contributed by atoms with Gasteiger partial charge in [-0.05, 0) is 33.6 Å². The molecule has 2 nitrogen and oxygen atoms in total. The van der Waals surface area contributed by atoms with Crippen molar-refractivity contribution in [3.8, 4) is 11.5 Å². The van der Waals surface area contributed by atoms with E-state index in [4.69, 9.17) is 0 Å². The summed E-state index contributed by atoms with van der Waals surface area (Å²) in [6, 6.07) is 8.02. The van der Waals surface area contributed by atoms with Gasteiger partial charge in [-0.15, -0.1) is 16.9 Å². The average Bonchev–Trinajstić information content (AvgIpc) is 2.84. The number of carboxylic acids is 1. The highest BCUT2D eigenvalue weighted by Gasteiger charge is 2.41. The molecule has 1 heterocycles. The third-order valence-corrected chi connectivity index (χ3v) is 12.7. The SMILES string of the molecule is CC(C)[Si](C#Cc1sc2ccccc2c1CC(=O)O)(C(C)C)C(C)C. The van der Waals surface area contributed by atoms with Crippen molar-refractivity contribution in [2.75, 3.05) is 0 Å². The van der Waals surface area contributed by atoms with Crippen LogP contribution in [0.2, 0.25) is 16.6 Å². The Hall–Kier alpha value is -1.57. The van der Waals surface area contributed by atoms with E-state index < -0.39 is 14.0 Å². The van der Waals surface area contributed by atoms with E-state index in [1.165, 1.54) is 0 Å². The lowest BCUT2D eigenvalue weighted by Crippen LogP contribution is -2.43. The smallest absolute Gasteiger partial charge is 0.307 e. The molecule has 1 aromatic heterocycles. The molecule has 134 valence electrons. The molecule has 2 rings (SSSR count). The molecule has 0 fully saturated rings. The largest absolute Gasteiger partial charge is 0.481 e. The maximum absolute atomic E-state index is 11.4. The summed E-state index contributed by atoms with van der Waals surface area (Å²) in [5.41, 5.74) is 6.30. The number of hydrogen-bond acceptors (Lipinski definition) is 2. The summed E-state index contributed by atoms with van der Waals surface area (Å²) in [5.74, 6) is 2.66. The predicted octanol–water partition coefficient (Wildman–Crippen LogP) is 6.10. The van der Waals surface area contributed by atoms with E-state index in [0.29, 0.717) is 16.6 Å². The Labute approximate surface area is 156 Å². The monoisotopic (exact) mass is 372 g/mol. The standard InChI is InChI=1S/C21H28O2SSi/c1-14(2)25(15(3)4,16(5)6)12-11-20-18(13-21(22)23)17-9-7-8-10-19(17)24-20/h7-10,14-16H,13H2,1-6H3,(H,22,23). The third kappa shape index (κ3) is 3.83. The van der Waals surface area contributed by atoms with Crippen molar-refractivity contribution in [1.82, 2.24) is 0 Å². The quantitative estimate of drug-likeness (QED) is 0.509. The normalized spacial score (nSPS) is 12.0. The van der Waals surface area contributed by atoms with Crippen molar-refractivity contribution < 1.29 is 9.90 Å². The van der Waals surface area contributed by atoms with Gasteiger partial charge in [0, 0.05) is 4.70 Å². The van der Waals surface area contributed by atoms with Crippen molar-refractivity contribution in [2.24, 2.45) is 0 Å². The Balaban J connectivity index is 2.63. The Kier molecular flexibility index (Phi) is 6.13. The van der Waals surface area contributed by atoms with Crippen molar-refractivity contribution in [1.29, 1.82) is 0 Å². The van der Waals surface area contributed by atoms with E-state index in [-0.39, 0.29) is 6.42 Å². The zero-order valence-corrected chi connectivity index (χ0v) is 17.8. The highest BCUT2D eigenvalue weighted by molar-refractivity contribution is 7.19. The molecular formula is C21H28O2SSi. The van der Waals surface area contributed by atoms with Gasteiger partial charge < -0.3 is 5.11 Å². The fourth-order valence-electron chi connectivity index (χ4n) is 4.12. The minimum absolute atomic E-state index is 0.0353. The van der Waals surface area contributed by atoms with Gasteiger partial charge in [0.25, 0.3) is 0 Å². The zero-order chi connectivity index (χ0) is 18.8. The first-order valence-corrected chi connectivity index (χ1v) is 12.0. The van der Waals surface area contributed by atoms with Gasteiger partial charge in [0.1, 0.15) is 8.07 Å². The van der Waals surface area contributed by atoms with E-state index in [0.717, 1.165) is 20.5 Å². The molecule has 0 amide bonds. The van der Waals surface area contributed by atoms with Crippen molar-refractivity contribution in [3.05, 3.63) is 34.7 Å². The van der Waals surface area contributed by atoms with Crippen LogP contribution in [0.15, 0.2) is 24.3 Å². The third-order valence-electron chi connectivity index (χ3n) is 5.28. The van der Waals surface area contributed by atoms with E-state index in [1.807, 2.05) is 18.2 Å². The first-order valence-electron chi connectivity index (χ1n) is 8.95. The van der Waals surface area contributed by atoms with Gasteiger partial charge in [-0.1, -0.05) is 65.7 Å². The lowest BCUT2D eigenvalue weighted by atomic mass is 10.1. The molecule has 0 unspecified atom stereocenters. The highest BCUT2D eigenvalue weighted by atomic mass is 32.1. The van der Waals surface area contributed by atoms with Crippen LogP contribution in [0.3, 0.4) is 0 Å². The van der Waals surface area contributed by atoms with E-state index in [1.54, 1.807) is 11.3 Å². The van der Waals surface area contributed by atoms with Crippen molar-refractivity contribution >= 4 is 35.5 Å². The summed E-state index contributed by atoms with van der Waals surface area (Å²) in [6.45, 7) is 13.8. The molecule has 4 heteroatoms. The molecule has 0 saturated carbocycles. The number of benzene rings is 1. The van der Waals surface area contributed by atoms with Gasteiger partial charge in [-0.3, -0.25) is 4.79 Å². The second-order valence-electron chi connectivity index (χ2n) is 7.62. The fraction of sp³-hybridized carbons (Fsp3) is 0.476. The van der Waals surface area contributed by atoms with Crippen LogP contribution >= 0.6 is 11.3 Å². The van der Waals surface area contributed by atoms with Gasteiger partial charge in [0.05, 0.1) is 11.3 Å². The zero-order valence-electron chi connectivity index (χ0n) is 16.0. The summed E-state index contributed by atoms with van der Waals surface area (Å²) in [5, 5.41) is 10.4. The lowest BCUT2D eigenvalue weighted by molar-refractivity contribution is -0.136. The first kappa shape index (κ1) is 19.7. The molecule has 1 aromatic carbocycles. The minimum Gasteiger partial charge on any atom is -0.481 e. The number of fused-ring (bicyclic) bond motifs is 1. The Morgan fingerprint density at radius 1 is 1.08 bits per heavy atom. The number of rotatable bonds is 5. The number of carboxylic acid groups (broad SMARTS) is 1. The van der Waals surface area contributed by atoms with E-state index in [2.05, 4.69) is 59.1 Å². The average molecular weight is 373 g/mol. The number of carbonyl (C=O) groups is 1. The fourth-order valence-corrected chi connectivity index (χ4v) is 10.5. The summed E-state index contributed by atoms with van der Waals surface area (Å²) >= 11 is 1.63. The molecule has 0 aliphatic carbocycles. The van der Waals surface area contributed by atoms with Crippen LogP contribution < -0.4 is 0 Å². The molecule has 1 N–H and O–H groups in total. The van der Waals surface area contributed by atoms with Gasteiger partial charge in [-0.25, -0.2) is 0 Å². The molecule has 0 atom stereocenters. The number of hydrogen-bond donors (Lipinski definition) is 1.